The lowest BCUT2D eigenvalue weighted by molar-refractivity contribution is 0.296. The molecule has 7 heteroatoms. The highest BCUT2D eigenvalue weighted by Gasteiger charge is 2.37. The molecule has 0 unspecified atom stereocenters. The molecule has 0 amide bonds. The molecule has 1 fully saturated rings. The minimum absolute atomic E-state index is 0.0736. The maximum atomic E-state index is 12.3. The monoisotopic (exact) mass is 376 g/mol. The SMILES string of the molecule is CC(C)[C@@H]1CN(Cc2ccnc3ccccc23)C[C@H]1NS(=O)(=O)N(C)C. The van der Waals surface area contributed by atoms with Crippen molar-refractivity contribution in [2.45, 2.75) is 26.4 Å². The molecule has 1 aliphatic heterocycles. The molecule has 0 aliphatic carbocycles. The van der Waals surface area contributed by atoms with Crippen LogP contribution < -0.4 is 4.72 Å². The highest BCUT2D eigenvalue weighted by atomic mass is 32.2. The third-order valence-electron chi connectivity index (χ3n) is 5.21. The second kappa shape index (κ2) is 7.60. The van der Waals surface area contributed by atoms with E-state index in [1.54, 1.807) is 14.1 Å². The number of pyridine rings is 1. The molecule has 2 atom stereocenters. The Hall–Kier alpha value is -1.54. The number of rotatable bonds is 6. The summed E-state index contributed by atoms with van der Waals surface area (Å²) in [7, 11) is -0.316. The van der Waals surface area contributed by atoms with E-state index in [0.717, 1.165) is 24.0 Å². The number of aromatic nitrogens is 1. The zero-order chi connectivity index (χ0) is 18.9. The maximum absolute atomic E-state index is 12.3. The molecule has 0 radical (unpaired) electrons. The Labute approximate surface area is 156 Å². The Bertz CT molecular complexity index is 861. The molecule has 3 rings (SSSR count). The molecule has 1 aromatic heterocycles. The van der Waals surface area contributed by atoms with Crippen LogP contribution in [0.5, 0.6) is 0 Å². The first-order valence-electron chi connectivity index (χ1n) is 9.02. The van der Waals surface area contributed by atoms with E-state index >= 15 is 0 Å². The quantitative estimate of drug-likeness (QED) is 0.838. The minimum Gasteiger partial charge on any atom is -0.297 e. The number of fused-ring (bicyclic) bond motifs is 1. The molecule has 2 heterocycles. The van der Waals surface area contributed by atoms with Crippen molar-refractivity contribution < 1.29 is 8.42 Å². The van der Waals surface area contributed by atoms with E-state index in [1.807, 2.05) is 24.4 Å². The fraction of sp³-hybridized carbons (Fsp3) is 0.526. The van der Waals surface area contributed by atoms with Crippen molar-refractivity contribution in [3.05, 3.63) is 42.1 Å². The molecule has 0 spiro atoms. The topological polar surface area (TPSA) is 65.5 Å². The van der Waals surface area contributed by atoms with Crippen LogP contribution in [0.2, 0.25) is 0 Å². The van der Waals surface area contributed by atoms with Gasteiger partial charge in [0.25, 0.3) is 10.2 Å². The number of benzene rings is 1. The number of nitrogens with one attached hydrogen (secondary N) is 1. The van der Waals surface area contributed by atoms with Crippen LogP contribution in [0, 0.1) is 11.8 Å². The molecular weight excluding hydrogens is 348 g/mol. The van der Waals surface area contributed by atoms with Gasteiger partial charge in [0, 0.05) is 51.4 Å². The molecule has 6 nitrogen and oxygen atoms in total. The minimum atomic E-state index is -3.43. The summed E-state index contributed by atoms with van der Waals surface area (Å²) in [6.07, 6.45) is 1.85. The third kappa shape index (κ3) is 4.06. The molecule has 1 saturated heterocycles. The summed E-state index contributed by atoms with van der Waals surface area (Å²) in [5.41, 5.74) is 2.23. The van der Waals surface area contributed by atoms with Gasteiger partial charge in [-0.25, -0.2) is 0 Å². The molecule has 0 saturated carbocycles. The first kappa shape index (κ1) is 19.2. The van der Waals surface area contributed by atoms with Crippen LogP contribution in [0.3, 0.4) is 0 Å². The van der Waals surface area contributed by atoms with E-state index in [1.165, 1.54) is 9.87 Å². The van der Waals surface area contributed by atoms with Crippen LogP contribution in [0.1, 0.15) is 19.4 Å². The largest absolute Gasteiger partial charge is 0.297 e. The zero-order valence-corrected chi connectivity index (χ0v) is 16.7. The van der Waals surface area contributed by atoms with Crippen molar-refractivity contribution in [2.24, 2.45) is 11.8 Å². The van der Waals surface area contributed by atoms with Crippen LogP contribution in [0.25, 0.3) is 10.9 Å². The van der Waals surface area contributed by atoms with E-state index in [9.17, 15) is 8.42 Å². The van der Waals surface area contributed by atoms with Crippen molar-refractivity contribution in [1.82, 2.24) is 18.9 Å². The molecule has 1 aromatic carbocycles. The summed E-state index contributed by atoms with van der Waals surface area (Å²) >= 11 is 0. The highest BCUT2D eigenvalue weighted by molar-refractivity contribution is 7.87. The van der Waals surface area contributed by atoms with Gasteiger partial charge in [0.15, 0.2) is 0 Å². The van der Waals surface area contributed by atoms with Crippen LogP contribution in [-0.4, -0.2) is 55.8 Å². The molecule has 142 valence electrons. The lowest BCUT2D eigenvalue weighted by atomic mass is 9.92. The Morgan fingerprint density at radius 2 is 1.96 bits per heavy atom. The number of para-hydroxylation sites is 1. The predicted molar refractivity (Wildman–Crippen MR) is 105 cm³/mol. The molecular formula is C19H28N4O2S. The summed E-state index contributed by atoms with van der Waals surface area (Å²) in [6.45, 7) is 6.72. The van der Waals surface area contributed by atoms with E-state index in [-0.39, 0.29) is 12.0 Å². The van der Waals surface area contributed by atoms with Crippen molar-refractivity contribution in [2.75, 3.05) is 27.2 Å². The normalized spacial score (nSPS) is 21.9. The number of nitrogens with zero attached hydrogens (tertiary/aromatic N) is 3. The fourth-order valence-corrected chi connectivity index (χ4v) is 4.52. The second-order valence-electron chi connectivity index (χ2n) is 7.60. The average molecular weight is 377 g/mol. The van der Waals surface area contributed by atoms with Gasteiger partial charge in [-0.1, -0.05) is 32.0 Å². The fourth-order valence-electron chi connectivity index (χ4n) is 3.67. The molecule has 1 N–H and O–H groups in total. The van der Waals surface area contributed by atoms with Gasteiger partial charge in [-0.2, -0.15) is 17.4 Å². The summed E-state index contributed by atoms with van der Waals surface area (Å²) < 4.78 is 28.7. The van der Waals surface area contributed by atoms with Gasteiger partial charge < -0.3 is 0 Å². The van der Waals surface area contributed by atoms with E-state index < -0.39 is 10.2 Å². The van der Waals surface area contributed by atoms with Crippen molar-refractivity contribution in [3.8, 4) is 0 Å². The maximum Gasteiger partial charge on any atom is 0.279 e. The second-order valence-corrected chi connectivity index (χ2v) is 9.52. The number of hydrogen-bond donors (Lipinski definition) is 1. The smallest absolute Gasteiger partial charge is 0.279 e. The first-order valence-corrected chi connectivity index (χ1v) is 10.5. The molecule has 2 aromatic rings. The standard InChI is InChI=1S/C19H28N4O2S/c1-14(2)17-12-23(13-19(17)21-26(24,25)22(3)4)11-15-9-10-20-18-8-6-5-7-16(15)18/h5-10,14,17,19,21H,11-13H2,1-4H3/t17-,19+/m0/s1. The lowest BCUT2D eigenvalue weighted by Crippen LogP contribution is -2.46. The zero-order valence-electron chi connectivity index (χ0n) is 15.9. The van der Waals surface area contributed by atoms with Gasteiger partial charge in [-0.15, -0.1) is 0 Å². The van der Waals surface area contributed by atoms with Gasteiger partial charge in [0.2, 0.25) is 0 Å². The van der Waals surface area contributed by atoms with E-state index in [0.29, 0.717) is 12.5 Å². The van der Waals surface area contributed by atoms with Crippen LogP contribution >= 0.6 is 0 Å². The van der Waals surface area contributed by atoms with Gasteiger partial charge in [-0.05, 0) is 29.5 Å². The van der Waals surface area contributed by atoms with Crippen LogP contribution in [0.15, 0.2) is 36.5 Å². The highest BCUT2D eigenvalue weighted by Crippen LogP contribution is 2.27. The van der Waals surface area contributed by atoms with E-state index in [2.05, 4.69) is 40.6 Å². The molecule has 0 bridgehead atoms. The van der Waals surface area contributed by atoms with Gasteiger partial charge in [0.1, 0.15) is 0 Å². The van der Waals surface area contributed by atoms with Crippen molar-refractivity contribution >= 4 is 21.1 Å². The average Bonchev–Trinajstić information content (AvgIpc) is 2.97. The summed E-state index contributed by atoms with van der Waals surface area (Å²) in [4.78, 5) is 6.77. The Morgan fingerprint density at radius 1 is 1.23 bits per heavy atom. The Morgan fingerprint density at radius 3 is 2.65 bits per heavy atom. The van der Waals surface area contributed by atoms with Crippen LogP contribution in [0.4, 0.5) is 0 Å². The first-order chi connectivity index (χ1) is 12.3. The van der Waals surface area contributed by atoms with Crippen LogP contribution in [-0.2, 0) is 16.8 Å². The van der Waals surface area contributed by atoms with E-state index in [4.69, 9.17) is 0 Å². The van der Waals surface area contributed by atoms with Gasteiger partial charge in [0.05, 0.1) is 5.52 Å². The Balaban J connectivity index is 1.79. The predicted octanol–water partition coefficient (Wildman–Crippen LogP) is 2.09. The summed E-state index contributed by atoms with van der Waals surface area (Å²) in [6, 6.07) is 10.1. The number of likely N-dealkylation sites (tertiary alicyclic amines) is 1. The molecule has 1 aliphatic rings. The molecule has 26 heavy (non-hydrogen) atoms. The van der Waals surface area contributed by atoms with Crippen molar-refractivity contribution in [3.63, 3.8) is 0 Å². The third-order valence-corrected chi connectivity index (χ3v) is 6.77. The summed E-state index contributed by atoms with van der Waals surface area (Å²) in [5.74, 6) is 0.696. The van der Waals surface area contributed by atoms with Gasteiger partial charge >= 0.3 is 0 Å². The Kier molecular flexibility index (Phi) is 5.62. The summed E-state index contributed by atoms with van der Waals surface area (Å²) in [5, 5.41) is 1.16. The lowest BCUT2D eigenvalue weighted by Gasteiger charge is -2.24. The van der Waals surface area contributed by atoms with Gasteiger partial charge in [-0.3, -0.25) is 9.88 Å². The van der Waals surface area contributed by atoms with Crippen molar-refractivity contribution in [1.29, 1.82) is 0 Å². The number of hydrogen-bond acceptors (Lipinski definition) is 4.